The van der Waals surface area contributed by atoms with Gasteiger partial charge >= 0.3 is 5.97 Å². The van der Waals surface area contributed by atoms with Crippen LogP contribution in [0.1, 0.15) is 21.5 Å². The minimum atomic E-state index is -0.906. The Morgan fingerprint density at radius 2 is 1.87 bits per heavy atom. The van der Waals surface area contributed by atoms with Crippen molar-refractivity contribution in [3.8, 4) is 5.75 Å². The molecular weight excluding hydrogens is 314 g/mol. The van der Waals surface area contributed by atoms with Crippen molar-refractivity contribution in [3.05, 3.63) is 65.4 Å². The van der Waals surface area contributed by atoms with Crippen LogP contribution in [0, 0.1) is 6.92 Å². The molecule has 0 spiro atoms. The molecule has 23 heavy (non-hydrogen) atoms. The summed E-state index contributed by atoms with van der Waals surface area (Å²) in [4.78, 5) is 11.2. The maximum Gasteiger partial charge on any atom is 0.335 e. The van der Waals surface area contributed by atoms with Crippen LogP contribution in [0.25, 0.3) is 10.9 Å². The van der Waals surface area contributed by atoms with E-state index in [1.54, 1.807) is 19.2 Å². The van der Waals surface area contributed by atoms with E-state index < -0.39 is 5.97 Å². The fraction of sp³-hybridized carbons (Fsp3) is 0.167. The van der Waals surface area contributed by atoms with Gasteiger partial charge < -0.3 is 14.4 Å². The Hall–Kier alpha value is -2.46. The van der Waals surface area contributed by atoms with Crippen LogP contribution in [0.4, 0.5) is 0 Å². The van der Waals surface area contributed by atoms with Crippen LogP contribution in [-0.2, 0) is 6.54 Å². The summed E-state index contributed by atoms with van der Waals surface area (Å²) in [7, 11) is 1.64. The first-order chi connectivity index (χ1) is 10.6. The van der Waals surface area contributed by atoms with Crippen molar-refractivity contribution in [2.45, 2.75) is 13.5 Å². The van der Waals surface area contributed by atoms with Gasteiger partial charge in [0.25, 0.3) is 0 Å². The van der Waals surface area contributed by atoms with Crippen molar-refractivity contribution >= 4 is 29.3 Å². The molecule has 1 aromatic heterocycles. The summed E-state index contributed by atoms with van der Waals surface area (Å²) in [5.74, 6) is -0.0813. The van der Waals surface area contributed by atoms with Crippen molar-refractivity contribution in [2.75, 3.05) is 7.11 Å². The minimum Gasteiger partial charge on any atom is -0.497 e. The van der Waals surface area contributed by atoms with Crippen molar-refractivity contribution in [1.82, 2.24) is 4.57 Å². The molecule has 120 valence electrons. The second-order valence-electron chi connectivity index (χ2n) is 5.33. The van der Waals surface area contributed by atoms with Gasteiger partial charge in [-0.05, 0) is 42.3 Å². The van der Waals surface area contributed by atoms with Gasteiger partial charge in [-0.15, -0.1) is 12.4 Å². The molecule has 0 aliphatic heterocycles. The first-order valence-corrected chi connectivity index (χ1v) is 7.04. The number of aromatic nitrogens is 1. The molecule has 0 aliphatic rings. The number of hydrogen-bond donors (Lipinski definition) is 1. The monoisotopic (exact) mass is 331 g/mol. The number of halogens is 1. The molecule has 4 nitrogen and oxygen atoms in total. The molecule has 0 radical (unpaired) electrons. The van der Waals surface area contributed by atoms with Crippen LogP contribution in [0.15, 0.2) is 48.7 Å². The molecular formula is C18H18ClNO3. The maximum absolute atomic E-state index is 11.2. The number of aromatic carboxylic acids is 1. The van der Waals surface area contributed by atoms with Crippen molar-refractivity contribution in [3.63, 3.8) is 0 Å². The highest BCUT2D eigenvalue weighted by molar-refractivity contribution is 5.94. The number of benzene rings is 2. The molecule has 1 heterocycles. The Morgan fingerprint density at radius 1 is 1.17 bits per heavy atom. The van der Waals surface area contributed by atoms with E-state index in [4.69, 9.17) is 9.84 Å². The Kier molecular flexibility index (Phi) is 4.96. The van der Waals surface area contributed by atoms with Crippen molar-refractivity contribution in [2.24, 2.45) is 0 Å². The van der Waals surface area contributed by atoms with Crippen LogP contribution in [0.5, 0.6) is 5.75 Å². The molecule has 0 bridgehead atoms. The molecule has 0 fully saturated rings. The molecule has 0 unspecified atom stereocenters. The van der Waals surface area contributed by atoms with Gasteiger partial charge in [-0.1, -0.05) is 18.2 Å². The van der Waals surface area contributed by atoms with Gasteiger partial charge in [-0.25, -0.2) is 4.79 Å². The number of carboxylic acid groups (broad SMARTS) is 1. The van der Waals surface area contributed by atoms with Gasteiger partial charge in [-0.2, -0.15) is 0 Å². The average Bonchev–Trinajstić information content (AvgIpc) is 2.84. The van der Waals surface area contributed by atoms with Gasteiger partial charge in [0, 0.05) is 23.6 Å². The van der Waals surface area contributed by atoms with Crippen LogP contribution in [-0.4, -0.2) is 22.8 Å². The Balaban J connectivity index is 0.00000192. The largest absolute Gasteiger partial charge is 0.497 e. The molecule has 0 atom stereocenters. The zero-order valence-electron chi connectivity index (χ0n) is 12.9. The quantitative estimate of drug-likeness (QED) is 0.782. The van der Waals surface area contributed by atoms with Gasteiger partial charge in [0.1, 0.15) is 5.75 Å². The maximum atomic E-state index is 11.2. The predicted molar refractivity (Wildman–Crippen MR) is 93.0 cm³/mol. The third kappa shape index (κ3) is 3.32. The number of ether oxygens (including phenoxy) is 1. The lowest BCUT2D eigenvalue weighted by Gasteiger charge is -2.07. The number of fused-ring (bicyclic) bond motifs is 1. The molecule has 0 aliphatic carbocycles. The van der Waals surface area contributed by atoms with E-state index in [0.717, 1.165) is 27.8 Å². The zero-order valence-corrected chi connectivity index (χ0v) is 13.8. The number of carboxylic acids is 1. The summed E-state index contributed by atoms with van der Waals surface area (Å²) in [6.07, 6.45) is 2.06. The molecule has 3 aromatic rings. The smallest absolute Gasteiger partial charge is 0.335 e. The fourth-order valence-corrected chi connectivity index (χ4v) is 2.67. The van der Waals surface area contributed by atoms with Gasteiger partial charge in [0.15, 0.2) is 0 Å². The van der Waals surface area contributed by atoms with E-state index in [-0.39, 0.29) is 12.4 Å². The van der Waals surface area contributed by atoms with Gasteiger partial charge in [-0.3, -0.25) is 0 Å². The standard InChI is InChI=1S/C18H17NO3.ClH/c1-12-10-19(11-13-3-6-15(22-2)7-4-13)17-9-14(18(20)21)5-8-16(12)17;/h3-10H,11H2,1-2H3,(H,20,21);1H. The Labute approximate surface area is 140 Å². The summed E-state index contributed by atoms with van der Waals surface area (Å²) in [5, 5.41) is 10.2. The van der Waals surface area contributed by atoms with Gasteiger partial charge in [0.05, 0.1) is 12.7 Å². The second-order valence-corrected chi connectivity index (χ2v) is 5.33. The van der Waals surface area contributed by atoms with Crippen LogP contribution in [0.3, 0.4) is 0 Å². The Bertz CT molecular complexity index is 837. The second kappa shape index (κ2) is 6.75. The number of rotatable bonds is 4. The van der Waals surface area contributed by atoms with E-state index in [0.29, 0.717) is 12.1 Å². The normalized spacial score (nSPS) is 10.3. The molecule has 2 aromatic carbocycles. The van der Waals surface area contributed by atoms with Crippen molar-refractivity contribution < 1.29 is 14.6 Å². The van der Waals surface area contributed by atoms with E-state index in [9.17, 15) is 4.79 Å². The highest BCUT2D eigenvalue weighted by atomic mass is 35.5. The molecule has 3 rings (SSSR count). The van der Waals surface area contributed by atoms with Crippen LogP contribution < -0.4 is 4.74 Å². The lowest BCUT2D eigenvalue weighted by Crippen LogP contribution is -2.00. The molecule has 5 heteroatoms. The fourth-order valence-electron chi connectivity index (χ4n) is 2.67. The first kappa shape index (κ1) is 16.9. The number of hydrogen-bond acceptors (Lipinski definition) is 2. The molecule has 0 saturated carbocycles. The lowest BCUT2D eigenvalue weighted by atomic mass is 10.1. The highest BCUT2D eigenvalue weighted by Crippen LogP contribution is 2.24. The van der Waals surface area contributed by atoms with E-state index >= 15 is 0 Å². The summed E-state index contributed by atoms with van der Waals surface area (Å²) in [5.41, 5.74) is 3.52. The number of nitrogens with zero attached hydrogens (tertiary/aromatic N) is 1. The third-order valence-electron chi connectivity index (χ3n) is 3.84. The van der Waals surface area contributed by atoms with Crippen molar-refractivity contribution in [1.29, 1.82) is 0 Å². The number of methoxy groups -OCH3 is 1. The number of carbonyl (C=O) groups is 1. The van der Waals surface area contributed by atoms with E-state index in [2.05, 4.69) is 10.8 Å². The van der Waals surface area contributed by atoms with Gasteiger partial charge in [0.2, 0.25) is 0 Å². The predicted octanol–water partition coefficient (Wildman–Crippen LogP) is 4.13. The summed E-state index contributed by atoms with van der Waals surface area (Å²) < 4.78 is 7.25. The third-order valence-corrected chi connectivity index (χ3v) is 3.84. The minimum absolute atomic E-state index is 0. The summed E-state index contributed by atoms with van der Waals surface area (Å²) in [6.45, 7) is 2.73. The first-order valence-electron chi connectivity index (χ1n) is 7.04. The van der Waals surface area contributed by atoms with E-state index in [1.165, 1.54) is 0 Å². The topological polar surface area (TPSA) is 51.5 Å². The molecule has 0 amide bonds. The summed E-state index contributed by atoms with van der Waals surface area (Å²) >= 11 is 0. The SMILES string of the molecule is COc1ccc(Cn2cc(C)c3ccc(C(=O)O)cc32)cc1.Cl. The average molecular weight is 332 g/mol. The number of aryl methyl sites for hydroxylation is 1. The molecule has 1 N–H and O–H groups in total. The molecule has 0 saturated heterocycles. The lowest BCUT2D eigenvalue weighted by molar-refractivity contribution is 0.0697. The Morgan fingerprint density at radius 3 is 2.48 bits per heavy atom. The highest BCUT2D eigenvalue weighted by Gasteiger charge is 2.10. The van der Waals surface area contributed by atoms with E-state index in [1.807, 2.05) is 37.3 Å². The zero-order chi connectivity index (χ0) is 15.7. The van der Waals surface area contributed by atoms with Crippen LogP contribution >= 0.6 is 12.4 Å². The van der Waals surface area contributed by atoms with Crippen LogP contribution in [0.2, 0.25) is 0 Å². The summed E-state index contributed by atoms with van der Waals surface area (Å²) in [6, 6.07) is 13.1.